The molecule has 0 radical (unpaired) electrons. The van der Waals surface area contributed by atoms with Crippen molar-refractivity contribution < 1.29 is 5.11 Å². The zero-order chi connectivity index (χ0) is 11.4. The van der Waals surface area contributed by atoms with E-state index in [2.05, 4.69) is 21.2 Å². The smallest absolute Gasteiger partial charge is 0.115 e. The predicted molar refractivity (Wildman–Crippen MR) is 69.5 cm³/mol. The Morgan fingerprint density at radius 1 is 1.25 bits per heavy atom. The number of aromatic hydroxyl groups is 1. The van der Waals surface area contributed by atoms with Crippen molar-refractivity contribution in [3.8, 4) is 5.75 Å². The lowest BCUT2D eigenvalue weighted by atomic mass is 9.95. The maximum absolute atomic E-state index is 9.43. The van der Waals surface area contributed by atoms with Crippen molar-refractivity contribution in [1.29, 1.82) is 0 Å². The second-order valence-corrected chi connectivity index (χ2v) is 5.35. The van der Waals surface area contributed by atoms with Crippen molar-refractivity contribution in [1.82, 2.24) is 5.32 Å². The summed E-state index contributed by atoms with van der Waals surface area (Å²) in [6.45, 7) is 0.833. The number of rotatable bonds is 3. The number of hydrogen-bond donors (Lipinski definition) is 2. The molecule has 0 bridgehead atoms. The Hall–Kier alpha value is -0.540. The largest absolute Gasteiger partial charge is 0.508 e. The van der Waals surface area contributed by atoms with Gasteiger partial charge in [0, 0.05) is 17.1 Å². The molecule has 0 saturated heterocycles. The third-order valence-electron chi connectivity index (χ3n) is 3.22. The third kappa shape index (κ3) is 3.22. The second kappa shape index (κ2) is 5.69. The van der Waals surface area contributed by atoms with E-state index in [9.17, 15) is 5.11 Å². The minimum absolute atomic E-state index is 0.337. The van der Waals surface area contributed by atoms with E-state index >= 15 is 0 Å². The van der Waals surface area contributed by atoms with Gasteiger partial charge in [0.15, 0.2) is 0 Å². The molecule has 16 heavy (non-hydrogen) atoms. The molecule has 1 aromatic carbocycles. The van der Waals surface area contributed by atoms with E-state index in [1.54, 1.807) is 6.07 Å². The molecule has 1 saturated carbocycles. The van der Waals surface area contributed by atoms with Crippen molar-refractivity contribution in [3.63, 3.8) is 0 Å². The summed E-state index contributed by atoms with van der Waals surface area (Å²) in [6, 6.07) is 6.07. The van der Waals surface area contributed by atoms with Gasteiger partial charge in [0.2, 0.25) is 0 Å². The van der Waals surface area contributed by atoms with E-state index < -0.39 is 0 Å². The molecule has 0 atom stereocenters. The second-order valence-electron chi connectivity index (χ2n) is 4.49. The quantitative estimate of drug-likeness (QED) is 0.889. The molecule has 1 aliphatic carbocycles. The molecular formula is C13H18BrNO. The highest BCUT2D eigenvalue weighted by Crippen LogP contribution is 2.23. The van der Waals surface area contributed by atoms with E-state index in [0.717, 1.165) is 16.6 Å². The van der Waals surface area contributed by atoms with Crippen LogP contribution in [0.3, 0.4) is 0 Å². The molecule has 0 unspecified atom stereocenters. The van der Waals surface area contributed by atoms with Gasteiger partial charge in [-0.15, -0.1) is 0 Å². The molecule has 1 aromatic rings. The summed E-state index contributed by atoms with van der Waals surface area (Å²) in [5.41, 5.74) is 1.13. The molecule has 0 spiro atoms. The molecule has 2 nitrogen and oxygen atoms in total. The molecular weight excluding hydrogens is 266 g/mol. The Balaban J connectivity index is 1.90. The maximum Gasteiger partial charge on any atom is 0.115 e. The minimum atomic E-state index is 0.337. The van der Waals surface area contributed by atoms with Crippen LogP contribution in [-0.4, -0.2) is 11.1 Å². The predicted octanol–water partition coefficient (Wildman–Crippen LogP) is 3.58. The van der Waals surface area contributed by atoms with Crippen LogP contribution in [0.15, 0.2) is 22.7 Å². The highest BCUT2D eigenvalue weighted by Gasteiger charge is 2.12. The summed E-state index contributed by atoms with van der Waals surface area (Å²) in [7, 11) is 0. The highest BCUT2D eigenvalue weighted by molar-refractivity contribution is 9.10. The number of halogens is 1. The summed E-state index contributed by atoms with van der Waals surface area (Å²) in [5, 5.41) is 13.0. The van der Waals surface area contributed by atoms with Crippen molar-refractivity contribution >= 4 is 15.9 Å². The lowest BCUT2D eigenvalue weighted by Crippen LogP contribution is -2.30. The number of phenolic OH excluding ortho intramolecular Hbond substituents is 1. The number of phenols is 1. The number of nitrogens with one attached hydrogen (secondary N) is 1. The van der Waals surface area contributed by atoms with Crippen molar-refractivity contribution in [2.45, 2.75) is 44.7 Å². The van der Waals surface area contributed by atoms with Gasteiger partial charge in [-0.05, 0) is 36.6 Å². The topological polar surface area (TPSA) is 32.3 Å². The van der Waals surface area contributed by atoms with Gasteiger partial charge in [-0.3, -0.25) is 0 Å². The fourth-order valence-corrected chi connectivity index (χ4v) is 2.64. The summed E-state index contributed by atoms with van der Waals surface area (Å²) < 4.78 is 1.06. The van der Waals surface area contributed by atoms with Gasteiger partial charge in [-0.1, -0.05) is 35.2 Å². The van der Waals surface area contributed by atoms with E-state index in [0.29, 0.717) is 11.8 Å². The molecule has 0 heterocycles. The Bertz CT molecular complexity index is 348. The van der Waals surface area contributed by atoms with Crippen LogP contribution in [0.1, 0.15) is 37.7 Å². The first-order chi connectivity index (χ1) is 7.75. The molecule has 1 fully saturated rings. The van der Waals surface area contributed by atoms with Crippen LogP contribution in [0.25, 0.3) is 0 Å². The van der Waals surface area contributed by atoms with Crippen LogP contribution >= 0.6 is 15.9 Å². The highest BCUT2D eigenvalue weighted by atomic mass is 79.9. The lowest BCUT2D eigenvalue weighted by molar-refractivity contribution is 0.372. The fraction of sp³-hybridized carbons (Fsp3) is 0.538. The number of benzene rings is 1. The summed E-state index contributed by atoms with van der Waals surface area (Å²) >= 11 is 3.50. The SMILES string of the molecule is Oc1ccc(Br)c(CNC2CCCCC2)c1. The van der Waals surface area contributed by atoms with Gasteiger partial charge >= 0.3 is 0 Å². The first kappa shape index (κ1) is 11.9. The first-order valence-corrected chi connectivity index (χ1v) is 6.76. The number of hydrogen-bond acceptors (Lipinski definition) is 2. The monoisotopic (exact) mass is 283 g/mol. The van der Waals surface area contributed by atoms with E-state index in [1.165, 1.54) is 32.1 Å². The van der Waals surface area contributed by atoms with Crippen LogP contribution in [0.5, 0.6) is 5.75 Å². The Morgan fingerprint density at radius 2 is 2.00 bits per heavy atom. The Kier molecular flexibility index (Phi) is 4.24. The minimum Gasteiger partial charge on any atom is -0.508 e. The average molecular weight is 284 g/mol. The molecule has 2 N–H and O–H groups in total. The zero-order valence-corrected chi connectivity index (χ0v) is 11.0. The van der Waals surface area contributed by atoms with E-state index in [1.807, 2.05) is 12.1 Å². The average Bonchev–Trinajstić information content (AvgIpc) is 2.32. The zero-order valence-electron chi connectivity index (χ0n) is 9.38. The van der Waals surface area contributed by atoms with Gasteiger partial charge in [-0.2, -0.15) is 0 Å². The third-order valence-corrected chi connectivity index (χ3v) is 3.99. The van der Waals surface area contributed by atoms with E-state index in [4.69, 9.17) is 0 Å². The normalized spacial score (nSPS) is 17.6. The fourth-order valence-electron chi connectivity index (χ4n) is 2.26. The van der Waals surface area contributed by atoms with Crippen molar-refractivity contribution in [2.24, 2.45) is 0 Å². The van der Waals surface area contributed by atoms with Gasteiger partial charge in [0.05, 0.1) is 0 Å². The van der Waals surface area contributed by atoms with Crippen molar-refractivity contribution in [3.05, 3.63) is 28.2 Å². The molecule has 3 heteroatoms. The van der Waals surface area contributed by atoms with Crippen molar-refractivity contribution in [2.75, 3.05) is 0 Å². The van der Waals surface area contributed by atoms with Crippen LogP contribution in [0, 0.1) is 0 Å². The van der Waals surface area contributed by atoms with Gasteiger partial charge in [0.1, 0.15) is 5.75 Å². The van der Waals surface area contributed by atoms with Crippen LogP contribution in [0.4, 0.5) is 0 Å². The van der Waals surface area contributed by atoms with Gasteiger partial charge < -0.3 is 10.4 Å². The molecule has 0 aliphatic heterocycles. The maximum atomic E-state index is 9.43. The van der Waals surface area contributed by atoms with Crippen LogP contribution in [-0.2, 0) is 6.54 Å². The van der Waals surface area contributed by atoms with Crippen LogP contribution in [0.2, 0.25) is 0 Å². The summed E-state index contributed by atoms with van der Waals surface area (Å²) in [5.74, 6) is 0.337. The molecule has 0 amide bonds. The lowest BCUT2D eigenvalue weighted by Gasteiger charge is -2.23. The Morgan fingerprint density at radius 3 is 2.75 bits per heavy atom. The molecule has 88 valence electrons. The van der Waals surface area contributed by atoms with Gasteiger partial charge in [0.25, 0.3) is 0 Å². The Labute approximate surface area is 105 Å². The first-order valence-electron chi connectivity index (χ1n) is 5.96. The van der Waals surface area contributed by atoms with E-state index in [-0.39, 0.29) is 0 Å². The standard InChI is InChI=1S/C13H18BrNO/c14-13-7-6-12(16)8-10(13)9-15-11-4-2-1-3-5-11/h6-8,11,15-16H,1-5,9H2. The summed E-state index contributed by atoms with van der Waals surface area (Å²) in [4.78, 5) is 0. The molecule has 1 aliphatic rings. The molecule has 0 aromatic heterocycles. The van der Waals surface area contributed by atoms with Crippen LogP contribution < -0.4 is 5.32 Å². The summed E-state index contributed by atoms with van der Waals surface area (Å²) in [6.07, 6.45) is 6.65. The van der Waals surface area contributed by atoms with Gasteiger partial charge in [-0.25, -0.2) is 0 Å². The molecule has 2 rings (SSSR count).